The lowest BCUT2D eigenvalue weighted by Gasteiger charge is -2.12. The fourth-order valence-electron chi connectivity index (χ4n) is 1.88. The second kappa shape index (κ2) is 7.76. The van der Waals surface area contributed by atoms with Crippen LogP contribution in [0.3, 0.4) is 0 Å². The minimum Gasteiger partial charge on any atom is -0.490 e. The van der Waals surface area contributed by atoms with Crippen LogP contribution in [0, 0.1) is 11.3 Å². The molecule has 2 aromatic rings. The molecule has 2 aromatic carbocycles. The molecule has 0 bridgehead atoms. The number of hydrogen-bond donors (Lipinski definition) is 0. The molecule has 0 fully saturated rings. The van der Waals surface area contributed by atoms with E-state index in [-0.39, 0.29) is 0 Å². The monoisotopic (exact) mass is 279 g/mol. The van der Waals surface area contributed by atoms with Gasteiger partial charge in [0, 0.05) is 6.08 Å². The average Bonchev–Trinajstić information content (AvgIpc) is 2.53. The van der Waals surface area contributed by atoms with Crippen LogP contribution in [0.5, 0.6) is 11.5 Å². The van der Waals surface area contributed by atoms with Gasteiger partial charge >= 0.3 is 0 Å². The largest absolute Gasteiger partial charge is 0.490 e. The number of allylic oxidation sites excluding steroid dienone is 1. The zero-order chi connectivity index (χ0) is 14.9. The van der Waals surface area contributed by atoms with Crippen molar-refractivity contribution in [3.63, 3.8) is 0 Å². The standard InChI is InChI=1S/C18H17NO2/c1-2-20-18-13-15(9-6-12-19)10-11-17(18)21-14-16-7-4-3-5-8-16/h3-11,13H,2,14H2,1H3. The number of hydrogen-bond acceptors (Lipinski definition) is 3. The van der Waals surface area contributed by atoms with Crippen LogP contribution in [0.15, 0.2) is 54.6 Å². The molecule has 0 saturated carbocycles. The number of benzene rings is 2. The molecule has 0 N–H and O–H groups in total. The molecule has 2 rings (SSSR count). The first-order valence-corrected chi connectivity index (χ1v) is 6.83. The van der Waals surface area contributed by atoms with Crippen LogP contribution < -0.4 is 9.47 Å². The highest BCUT2D eigenvalue weighted by Crippen LogP contribution is 2.29. The smallest absolute Gasteiger partial charge is 0.161 e. The molecule has 3 heteroatoms. The lowest BCUT2D eigenvalue weighted by molar-refractivity contribution is 0.269. The molecule has 0 aromatic heterocycles. The van der Waals surface area contributed by atoms with Crippen LogP contribution in [0.4, 0.5) is 0 Å². The van der Waals surface area contributed by atoms with Gasteiger partial charge in [0.15, 0.2) is 11.5 Å². The van der Waals surface area contributed by atoms with Crippen molar-refractivity contribution < 1.29 is 9.47 Å². The highest BCUT2D eigenvalue weighted by molar-refractivity contribution is 5.57. The van der Waals surface area contributed by atoms with Crippen LogP contribution in [0.2, 0.25) is 0 Å². The molecule has 0 saturated heterocycles. The molecule has 0 aliphatic heterocycles. The van der Waals surface area contributed by atoms with Gasteiger partial charge in [-0.05, 0) is 36.3 Å². The van der Waals surface area contributed by atoms with E-state index in [2.05, 4.69) is 0 Å². The predicted molar refractivity (Wildman–Crippen MR) is 83.0 cm³/mol. The van der Waals surface area contributed by atoms with E-state index in [1.807, 2.05) is 61.5 Å². The summed E-state index contributed by atoms with van der Waals surface area (Å²) in [6.45, 7) is 2.99. The van der Waals surface area contributed by atoms with E-state index in [0.717, 1.165) is 11.1 Å². The van der Waals surface area contributed by atoms with Crippen molar-refractivity contribution in [1.82, 2.24) is 0 Å². The maximum atomic E-state index is 8.57. The van der Waals surface area contributed by atoms with Gasteiger partial charge in [0.1, 0.15) is 6.61 Å². The summed E-state index contributed by atoms with van der Waals surface area (Å²) in [7, 11) is 0. The van der Waals surface area contributed by atoms with Gasteiger partial charge in [-0.1, -0.05) is 36.4 Å². The van der Waals surface area contributed by atoms with Crippen LogP contribution in [-0.4, -0.2) is 6.61 Å². The highest BCUT2D eigenvalue weighted by atomic mass is 16.5. The summed E-state index contributed by atoms with van der Waals surface area (Å²) in [6, 6.07) is 17.6. The lowest BCUT2D eigenvalue weighted by atomic mass is 10.2. The minimum atomic E-state index is 0.494. The Kier molecular flexibility index (Phi) is 5.42. The minimum absolute atomic E-state index is 0.494. The van der Waals surface area contributed by atoms with Gasteiger partial charge in [-0.15, -0.1) is 0 Å². The van der Waals surface area contributed by atoms with Crippen molar-refractivity contribution >= 4 is 6.08 Å². The third-order valence-corrected chi connectivity index (χ3v) is 2.86. The zero-order valence-electron chi connectivity index (χ0n) is 12.0. The molecule has 0 amide bonds. The van der Waals surface area contributed by atoms with E-state index in [1.54, 1.807) is 6.08 Å². The van der Waals surface area contributed by atoms with Gasteiger partial charge in [0.2, 0.25) is 0 Å². The molecular weight excluding hydrogens is 262 g/mol. The van der Waals surface area contributed by atoms with Crippen molar-refractivity contribution in [3.05, 3.63) is 65.7 Å². The Hall–Kier alpha value is -2.73. The van der Waals surface area contributed by atoms with Gasteiger partial charge in [0.05, 0.1) is 12.7 Å². The Balaban J connectivity index is 2.14. The Morgan fingerprint density at radius 1 is 1.05 bits per heavy atom. The van der Waals surface area contributed by atoms with E-state index in [0.29, 0.717) is 24.7 Å². The predicted octanol–water partition coefficient (Wildman–Crippen LogP) is 4.20. The van der Waals surface area contributed by atoms with Gasteiger partial charge < -0.3 is 9.47 Å². The molecule has 0 radical (unpaired) electrons. The Bertz CT molecular complexity index is 642. The normalized spacial score (nSPS) is 10.3. The second-order valence-electron chi connectivity index (χ2n) is 4.38. The van der Waals surface area contributed by atoms with Crippen LogP contribution in [-0.2, 0) is 6.61 Å². The average molecular weight is 279 g/mol. The first kappa shape index (κ1) is 14.7. The molecular formula is C18H17NO2. The molecule has 106 valence electrons. The molecule has 21 heavy (non-hydrogen) atoms. The SMILES string of the molecule is CCOc1cc(C=CC#N)ccc1OCc1ccccc1. The highest BCUT2D eigenvalue weighted by Gasteiger charge is 2.06. The zero-order valence-corrected chi connectivity index (χ0v) is 12.0. The van der Waals surface area contributed by atoms with E-state index < -0.39 is 0 Å². The number of rotatable bonds is 6. The van der Waals surface area contributed by atoms with E-state index in [1.165, 1.54) is 6.08 Å². The Morgan fingerprint density at radius 3 is 2.57 bits per heavy atom. The second-order valence-corrected chi connectivity index (χ2v) is 4.38. The van der Waals surface area contributed by atoms with Crippen molar-refractivity contribution in [2.24, 2.45) is 0 Å². The number of nitrogens with zero attached hydrogens (tertiary/aromatic N) is 1. The van der Waals surface area contributed by atoms with Crippen LogP contribution in [0.1, 0.15) is 18.1 Å². The molecule has 0 heterocycles. The van der Waals surface area contributed by atoms with Crippen molar-refractivity contribution in [3.8, 4) is 17.6 Å². The fraction of sp³-hybridized carbons (Fsp3) is 0.167. The molecule has 0 aliphatic rings. The molecule has 0 aliphatic carbocycles. The topological polar surface area (TPSA) is 42.2 Å². The van der Waals surface area contributed by atoms with Crippen molar-refractivity contribution in [2.45, 2.75) is 13.5 Å². The maximum Gasteiger partial charge on any atom is 0.161 e. The van der Waals surface area contributed by atoms with Crippen LogP contribution in [0.25, 0.3) is 6.08 Å². The fourth-order valence-corrected chi connectivity index (χ4v) is 1.88. The third-order valence-electron chi connectivity index (χ3n) is 2.86. The summed E-state index contributed by atoms with van der Waals surface area (Å²) >= 11 is 0. The summed E-state index contributed by atoms with van der Waals surface area (Å²) in [5.74, 6) is 1.39. The summed E-state index contributed by atoms with van der Waals surface area (Å²) in [4.78, 5) is 0. The van der Waals surface area contributed by atoms with Gasteiger partial charge in [0.25, 0.3) is 0 Å². The van der Waals surface area contributed by atoms with Crippen molar-refractivity contribution in [1.29, 1.82) is 5.26 Å². The number of ether oxygens (including phenoxy) is 2. The van der Waals surface area contributed by atoms with Gasteiger partial charge in [-0.25, -0.2) is 0 Å². The Morgan fingerprint density at radius 2 is 1.86 bits per heavy atom. The Labute approximate surface area is 125 Å². The molecule has 0 unspecified atom stereocenters. The van der Waals surface area contributed by atoms with E-state index in [9.17, 15) is 0 Å². The summed E-state index contributed by atoms with van der Waals surface area (Å²) < 4.78 is 11.4. The van der Waals surface area contributed by atoms with Crippen LogP contribution >= 0.6 is 0 Å². The maximum absolute atomic E-state index is 8.57. The molecule has 0 spiro atoms. The van der Waals surface area contributed by atoms with Crippen molar-refractivity contribution in [2.75, 3.05) is 6.61 Å². The first-order valence-electron chi connectivity index (χ1n) is 6.83. The quantitative estimate of drug-likeness (QED) is 0.744. The molecule has 3 nitrogen and oxygen atoms in total. The lowest BCUT2D eigenvalue weighted by Crippen LogP contribution is -1.99. The summed E-state index contributed by atoms with van der Waals surface area (Å²) in [5, 5.41) is 8.57. The third kappa shape index (κ3) is 4.39. The van der Waals surface area contributed by atoms with E-state index >= 15 is 0 Å². The number of nitriles is 1. The van der Waals surface area contributed by atoms with Gasteiger partial charge in [-0.3, -0.25) is 0 Å². The first-order chi connectivity index (χ1) is 10.3. The van der Waals surface area contributed by atoms with E-state index in [4.69, 9.17) is 14.7 Å². The summed E-state index contributed by atoms with van der Waals surface area (Å²) in [6.07, 6.45) is 3.18. The molecule has 0 atom stereocenters. The summed E-state index contributed by atoms with van der Waals surface area (Å²) in [5.41, 5.74) is 2.01. The van der Waals surface area contributed by atoms with Gasteiger partial charge in [-0.2, -0.15) is 5.26 Å².